The van der Waals surface area contributed by atoms with Gasteiger partial charge < -0.3 is 19.8 Å². The maximum Gasteiger partial charge on any atom is 2.00 e. The van der Waals surface area contributed by atoms with Gasteiger partial charge in [-0.05, 0) is 0 Å². The van der Waals surface area contributed by atoms with Gasteiger partial charge in [0.25, 0.3) is 5.69 Å². The molecule has 1 aromatic carbocycles. The van der Waals surface area contributed by atoms with Crippen molar-refractivity contribution < 1.29 is 41.8 Å². The quantitative estimate of drug-likeness (QED) is 0.365. The van der Waals surface area contributed by atoms with E-state index in [9.17, 15) is 29.9 Å². The fourth-order valence-electron chi connectivity index (χ4n) is 1.08. The molecule has 0 amide bonds. The molecular weight excluding hydrogens is 261 g/mol. The van der Waals surface area contributed by atoms with E-state index >= 15 is 0 Å². The summed E-state index contributed by atoms with van der Waals surface area (Å²) < 4.78 is 0. The second-order valence-electron chi connectivity index (χ2n) is 2.53. The maximum absolute atomic E-state index is 10.5. The zero-order valence-corrected chi connectivity index (χ0v) is 8.69. The van der Waals surface area contributed by atoms with E-state index in [0.29, 0.717) is 0 Å². The molecule has 8 heteroatoms. The van der Waals surface area contributed by atoms with Gasteiger partial charge in [0.15, 0.2) is 0 Å². The fourth-order valence-corrected chi connectivity index (χ4v) is 1.08. The summed E-state index contributed by atoms with van der Waals surface area (Å²) in [7, 11) is 0. The Morgan fingerprint density at radius 3 is 2.06 bits per heavy atom. The number of carboxylic acids is 2. The summed E-state index contributed by atoms with van der Waals surface area (Å²) in [5.41, 5.74) is -2.59. The summed E-state index contributed by atoms with van der Waals surface area (Å²) in [6, 6.07) is 2.82. The Morgan fingerprint density at radius 1 is 1.12 bits per heavy atom. The van der Waals surface area contributed by atoms with Gasteiger partial charge >= 0.3 is 17.1 Å². The molecular formula is C8H3MnNO6. The first-order valence-corrected chi connectivity index (χ1v) is 3.65. The van der Waals surface area contributed by atoms with Crippen LogP contribution in [0.15, 0.2) is 18.2 Å². The van der Waals surface area contributed by atoms with Crippen LogP contribution in [0.1, 0.15) is 20.7 Å². The predicted octanol–water partition coefficient (Wildman–Crippen LogP) is -1.68. The molecule has 0 aliphatic rings. The van der Waals surface area contributed by atoms with Crippen LogP contribution >= 0.6 is 0 Å². The number of rotatable bonds is 3. The smallest absolute Gasteiger partial charge is 0.545 e. The number of carbonyl (C=O) groups excluding carboxylic acids is 2. The van der Waals surface area contributed by atoms with Gasteiger partial charge in [-0.2, -0.15) is 0 Å². The molecule has 0 saturated carbocycles. The Kier molecular flexibility index (Phi) is 4.61. The predicted molar refractivity (Wildman–Crippen MR) is 41.8 cm³/mol. The molecule has 0 bridgehead atoms. The van der Waals surface area contributed by atoms with Crippen molar-refractivity contribution in [3.8, 4) is 0 Å². The second-order valence-corrected chi connectivity index (χ2v) is 2.53. The molecule has 0 aliphatic carbocycles. The Morgan fingerprint density at radius 2 is 1.69 bits per heavy atom. The number of hydrogen-bond acceptors (Lipinski definition) is 6. The van der Waals surface area contributed by atoms with Crippen LogP contribution in [0.5, 0.6) is 0 Å². The summed E-state index contributed by atoms with van der Waals surface area (Å²) in [6.07, 6.45) is 0. The van der Waals surface area contributed by atoms with Crippen molar-refractivity contribution in [1.82, 2.24) is 0 Å². The van der Waals surface area contributed by atoms with E-state index in [1.165, 1.54) is 0 Å². The van der Waals surface area contributed by atoms with E-state index in [1.807, 2.05) is 0 Å². The van der Waals surface area contributed by atoms with E-state index in [0.717, 1.165) is 18.2 Å². The van der Waals surface area contributed by atoms with E-state index in [2.05, 4.69) is 0 Å². The van der Waals surface area contributed by atoms with Crippen LogP contribution in [-0.2, 0) is 17.1 Å². The summed E-state index contributed by atoms with van der Waals surface area (Å²) in [6.45, 7) is 0. The van der Waals surface area contributed by atoms with Gasteiger partial charge in [0.05, 0.1) is 22.4 Å². The van der Waals surface area contributed by atoms with Crippen molar-refractivity contribution in [1.29, 1.82) is 0 Å². The molecule has 16 heavy (non-hydrogen) atoms. The molecule has 0 saturated heterocycles. The molecule has 0 unspecified atom stereocenters. The molecule has 83 valence electrons. The van der Waals surface area contributed by atoms with Crippen molar-refractivity contribution >= 4 is 17.6 Å². The molecule has 0 fully saturated rings. The van der Waals surface area contributed by atoms with Crippen LogP contribution in [0, 0.1) is 10.1 Å². The van der Waals surface area contributed by atoms with E-state index in [4.69, 9.17) is 0 Å². The van der Waals surface area contributed by atoms with E-state index in [-0.39, 0.29) is 17.1 Å². The van der Waals surface area contributed by atoms with E-state index in [1.54, 1.807) is 0 Å². The number of nitro benzene ring substituents is 1. The summed E-state index contributed by atoms with van der Waals surface area (Å²) in [5, 5.41) is 31.4. The third-order valence-corrected chi connectivity index (χ3v) is 1.66. The van der Waals surface area contributed by atoms with Gasteiger partial charge in [-0.1, -0.05) is 12.1 Å². The van der Waals surface area contributed by atoms with Gasteiger partial charge in [-0.3, -0.25) is 10.1 Å². The molecule has 0 N–H and O–H groups in total. The summed E-state index contributed by atoms with van der Waals surface area (Å²) in [4.78, 5) is 30.4. The van der Waals surface area contributed by atoms with Crippen molar-refractivity contribution in [2.24, 2.45) is 0 Å². The molecule has 0 atom stereocenters. The van der Waals surface area contributed by atoms with Crippen LogP contribution in [-0.4, -0.2) is 16.9 Å². The number of hydrogen-bond donors (Lipinski definition) is 0. The molecule has 1 aromatic rings. The zero-order chi connectivity index (χ0) is 11.6. The van der Waals surface area contributed by atoms with Crippen molar-refractivity contribution in [3.63, 3.8) is 0 Å². The van der Waals surface area contributed by atoms with Crippen molar-refractivity contribution in [2.75, 3.05) is 0 Å². The average molecular weight is 264 g/mol. The number of carboxylic acid groups (broad SMARTS) is 2. The monoisotopic (exact) mass is 264 g/mol. The molecule has 0 aliphatic heterocycles. The number of nitro groups is 1. The first-order chi connectivity index (χ1) is 6.95. The third kappa shape index (κ3) is 2.56. The SMILES string of the molecule is O=C([O-])c1cccc([N+](=O)[O-])c1C(=O)[O-].[Mn+2]. The fraction of sp³-hybridized carbons (Fsp3) is 0. The topological polar surface area (TPSA) is 123 Å². The van der Waals surface area contributed by atoms with Crippen LogP contribution < -0.4 is 10.2 Å². The molecule has 7 nitrogen and oxygen atoms in total. The molecule has 0 aromatic heterocycles. The van der Waals surface area contributed by atoms with Crippen LogP contribution in [0.2, 0.25) is 0 Å². The van der Waals surface area contributed by atoms with Crippen LogP contribution in [0.3, 0.4) is 0 Å². The Hall–Kier alpha value is -1.92. The minimum Gasteiger partial charge on any atom is -0.545 e. The van der Waals surface area contributed by atoms with Gasteiger partial charge in [0, 0.05) is 11.6 Å². The summed E-state index contributed by atoms with van der Waals surface area (Å²) >= 11 is 0. The van der Waals surface area contributed by atoms with Gasteiger partial charge in [-0.25, -0.2) is 0 Å². The van der Waals surface area contributed by atoms with Crippen LogP contribution in [0.25, 0.3) is 0 Å². The van der Waals surface area contributed by atoms with Gasteiger partial charge in [0.1, 0.15) is 0 Å². The molecule has 1 rings (SSSR count). The van der Waals surface area contributed by atoms with Crippen LogP contribution in [0.4, 0.5) is 5.69 Å². The van der Waals surface area contributed by atoms with E-state index < -0.39 is 33.7 Å². The Bertz CT molecular complexity index is 426. The first kappa shape index (κ1) is 14.1. The molecule has 1 radical (unpaired) electrons. The third-order valence-electron chi connectivity index (χ3n) is 1.66. The average Bonchev–Trinajstić information content (AvgIpc) is 2.16. The minimum atomic E-state index is -1.93. The second kappa shape index (κ2) is 5.24. The zero-order valence-electron chi connectivity index (χ0n) is 7.51. The Balaban J connectivity index is 0.00000225. The molecule has 0 heterocycles. The number of nitrogens with zero attached hydrogens (tertiary/aromatic N) is 1. The standard InChI is InChI=1S/C8H5NO6.Mn/c10-7(11)4-2-1-3-5(9(14)15)6(4)8(12)13;/h1-3H,(H,10,11)(H,12,13);/q;+2/p-2. The van der Waals surface area contributed by atoms with Gasteiger partial charge in [0.2, 0.25) is 0 Å². The Labute approximate surface area is 99.3 Å². The largest absolute Gasteiger partial charge is 2.00 e. The van der Waals surface area contributed by atoms with Crippen molar-refractivity contribution in [2.45, 2.75) is 0 Å². The minimum absolute atomic E-state index is 0. The first-order valence-electron chi connectivity index (χ1n) is 3.65. The number of carbonyl (C=O) groups is 2. The van der Waals surface area contributed by atoms with Gasteiger partial charge in [-0.15, -0.1) is 0 Å². The number of benzene rings is 1. The maximum atomic E-state index is 10.5. The van der Waals surface area contributed by atoms with Crippen molar-refractivity contribution in [3.05, 3.63) is 39.4 Å². The summed E-state index contributed by atoms with van der Waals surface area (Å²) in [5.74, 6) is -3.74. The normalized spacial score (nSPS) is 9.00. The molecule has 0 spiro atoms. The number of aromatic carboxylic acids is 2.